The number of hydrogen-bond acceptors (Lipinski definition) is 7. The van der Waals surface area contributed by atoms with Gasteiger partial charge in [-0.15, -0.1) is 0 Å². The number of nitrogens with zero attached hydrogens (tertiary/aromatic N) is 2. The predicted octanol–water partition coefficient (Wildman–Crippen LogP) is 3.56. The highest BCUT2D eigenvalue weighted by Crippen LogP contribution is 2.27. The summed E-state index contributed by atoms with van der Waals surface area (Å²) >= 11 is 6.52. The van der Waals surface area contributed by atoms with Crippen molar-refractivity contribution in [1.82, 2.24) is 15.3 Å². The first kappa shape index (κ1) is 16.2. The molecule has 0 saturated carbocycles. The van der Waals surface area contributed by atoms with Gasteiger partial charge in [0.15, 0.2) is 12.2 Å². The lowest BCUT2D eigenvalue weighted by Crippen LogP contribution is -2.16. The second-order valence-electron chi connectivity index (χ2n) is 4.07. The molecule has 1 heterocycles. The van der Waals surface area contributed by atoms with Gasteiger partial charge in [0.25, 0.3) is 0 Å². The summed E-state index contributed by atoms with van der Waals surface area (Å²) in [6, 6.07) is 5.62. The van der Waals surface area contributed by atoms with Gasteiger partial charge in [-0.2, -0.15) is 0 Å². The van der Waals surface area contributed by atoms with Gasteiger partial charge in [0.05, 0.1) is 23.1 Å². The van der Waals surface area contributed by atoms with E-state index in [0.29, 0.717) is 16.5 Å². The molecule has 2 rings (SSSR count). The molecular weight excluding hydrogens is 328 g/mol. The monoisotopic (exact) mass is 340 g/mol. The molecule has 0 radical (unpaired) electrons. The van der Waals surface area contributed by atoms with Crippen LogP contribution in [0.2, 0.25) is 5.02 Å². The molecule has 0 aliphatic carbocycles. The summed E-state index contributed by atoms with van der Waals surface area (Å²) in [5.74, 6) is 0.577. The summed E-state index contributed by atoms with van der Waals surface area (Å²) in [6.45, 7) is 1.89. The third-order valence-corrected chi connectivity index (χ3v) is 3.22. The average Bonchev–Trinajstić information content (AvgIpc) is 2.52. The van der Waals surface area contributed by atoms with E-state index in [4.69, 9.17) is 20.5 Å². The van der Waals surface area contributed by atoms with E-state index in [9.17, 15) is 4.79 Å². The van der Waals surface area contributed by atoms with Crippen LogP contribution in [0.3, 0.4) is 0 Å². The van der Waals surface area contributed by atoms with Crippen molar-refractivity contribution in [2.75, 3.05) is 11.8 Å². The maximum Gasteiger partial charge on any atom is 0.420 e. The first-order valence-electron chi connectivity index (χ1n) is 6.16. The van der Waals surface area contributed by atoms with E-state index in [-0.39, 0.29) is 6.01 Å². The molecule has 1 amide bonds. The summed E-state index contributed by atoms with van der Waals surface area (Å²) in [6.07, 6.45) is 2.36. The quantitative estimate of drug-likeness (QED) is 0.635. The second-order valence-corrected chi connectivity index (χ2v) is 5.05. The van der Waals surface area contributed by atoms with Gasteiger partial charge in [-0.3, -0.25) is 4.72 Å². The van der Waals surface area contributed by atoms with Crippen molar-refractivity contribution in [2.24, 2.45) is 0 Å². The highest BCUT2D eigenvalue weighted by molar-refractivity contribution is 7.96. The number of halogens is 1. The Hall–Kier alpha value is -2.19. The van der Waals surface area contributed by atoms with Crippen LogP contribution in [0.4, 0.5) is 10.5 Å². The molecule has 22 heavy (non-hydrogen) atoms. The van der Waals surface area contributed by atoms with Crippen LogP contribution >= 0.6 is 23.8 Å². The smallest absolute Gasteiger partial charge is 0.420 e. The van der Waals surface area contributed by atoms with Gasteiger partial charge in [0.1, 0.15) is 5.75 Å². The van der Waals surface area contributed by atoms with Gasteiger partial charge < -0.3 is 14.2 Å². The van der Waals surface area contributed by atoms with E-state index in [1.165, 1.54) is 19.4 Å². The lowest BCUT2D eigenvalue weighted by molar-refractivity contribution is 0.211. The third-order valence-electron chi connectivity index (χ3n) is 2.47. The fraction of sp³-hybridized carbons (Fsp3) is 0.154. The molecule has 0 bridgehead atoms. The van der Waals surface area contributed by atoms with Gasteiger partial charge in [0.2, 0.25) is 0 Å². The maximum absolute atomic E-state index is 10.9. The van der Waals surface area contributed by atoms with Crippen molar-refractivity contribution in [1.29, 1.82) is 0 Å². The zero-order chi connectivity index (χ0) is 15.9. The Morgan fingerprint density at radius 2 is 2.05 bits per heavy atom. The van der Waals surface area contributed by atoms with Gasteiger partial charge in [-0.05, 0) is 18.6 Å². The van der Waals surface area contributed by atoms with E-state index < -0.39 is 6.09 Å². The molecular formula is C13H13ClN4O3S. The summed E-state index contributed by atoms with van der Waals surface area (Å²) in [7, 11) is 1.48. The molecule has 7 nitrogen and oxygen atoms in total. The zero-order valence-corrected chi connectivity index (χ0v) is 13.4. The number of carbonyl (C=O) groups excluding carboxylic acids is 1. The van der Waals surface area contributed by atoms with E-state index >= 15 is 0 Å². The first-order chi connectivity index (χ1) is 10.6. The van der Waals surface area contributed by atoms with Crippen LogP contribution in [-0.4, -0.2) is 23.1 Å². The van der Waals surface area contributed by atoms with Crippen molar-refractivity contribution < 1.29 is 13.7 Å². The SMILES string of the molecule is CNC(=O)OSNc1ccc(C)c(Oc2ncc(Cl)cn2)c1. The number of rotatable bonds is 5. The molecule has 0 spiro atoms. The Labute approximate surface area is 136 Å². The maximum atomic E-state index is 10.9. The molecule has 0 fully saturated rings. The highest BCUT2D eigenvalue weighted by atomic mass is 35.5. The van der Waals surface area contributed by atoms with Crippen molar-refractivity contribution >= 4 is 35.6 Å². The summed E-state index contributed by atoms with van der Waals surface area (Å²) in [4.78, 5) is 18.9. The molecule has 2 N–H and O–H groups in total. The van der Waals surface area contributed by atoms with E-state index in [2.05, 4.69) is 20.0 Å². The number of nitrogens with one attached hydrogen (secondary N) is 2. The fourth-order valence-corrected chi connectivity index (χ4v) is 1.89. The number of benzene rings is 1. The molecule has 0 aliphatic heterocycles. The van der Waals surface area contributed by atoms with Crippen molar-refractivity contribution in [3.63, 3.8) is 0 Å². The van der Waals surface area contributed by atoms with Crippen molar-refractivity contribution in [3.8, 4) is 11.8 Å². The van der Waals surface area contributed by atoms with E-state index in [1.54, 1.807) is 6.07 Å². The minimum atomic E-state index is -0.546. The largest absolute Gasteiger partial charge is 0.424 e. The first-order valence-corrected chi connectivity index (χ1v) is 7.27. The van der Waals surface area contributed by atoms with Crippen molar-refractivity contribution in [2.45, 2.75) is 6.92 Å². The molecule has 9 heteroatoms. The zero-order valence-electron chi connectivity index (χ0n) is 11.8. The molecule has 0 aliphatic rings. The number of ether oxygens (including phenoxy) is 1. The lowest BCUT2D eigenvalue weighted by Gasteiger charge is -2.10. The van der Waals surface area contributed by atoms with Crippen LogP contribution in [0.25, 0.3) is 0 Å². The Morgan fingerprint density at radius 1 is 1.32 bits per heavy atom. The Kier molecular flexibility index (Phi) is 5.68. The minimum absolute atomic E-state index is 0.193. The van der Waals surface area contributed by atoms with Crippen LogP contribution in [0, 0.1) is 6.92 Å². The summed E-state index contributed by atoms with van der Waals surface area (Å²) in [5.41, 5.74) is 1.60. The number of amides is 1. The molecule has 2 aromatic rings. The predicted molar refractivity (Wildman–Crippen MR) is 85.0 cm³/mol. The van der Waals surface area contributed by atoms with Crippen LogP contribution in [0.1, 0.15) is 5.56 Å². The van der Waals surface area contributed by atoms with E-state index in [0.717, 1.165) is 17.8 Å². The normalized spacial score (nSPS) is 9.95. The highest BCUT2D eigenvalue weighted by Gasteiger charge is 2.06. The van der Waals surface area contributed by atoms with Gasteiger partial charge in [-0.1, -0.05) is 17.7 Å². The molecule has 116 valence electrons. The lowest BCUT2D eigenvalue weighted by atomic mass is 10.2. The topological polar surface area (TPSA) is 85.4 Å². The second kappa shape index (κ2) is 7.71. The van der Waals surface area contributed by atoms with Crippen molar-refractivity contribution in [3.05, 3.63) is 41.2 Å². The number of anilines is 1. The minimum Gasteiger partial charge on any atom is -0.424 e. The number of hydrogen-bond donors (Lipinski definition) is 2. The molecule has 1 aromatic carbocycles. The van der Waals surface area contributed by atoms with Gasteiger partial charge in [-0.25, -0.2) is 14.8 Å². The molecule has 0 atom stereocenters. The molecule has 0 saturated heterocycles. The van der Waals surface area contributed by atoms with Crippen LogP contribution < -0.4 is 14.8 Å². The number of aromatic nitrogens is 2. The van der Waals surface area contributed by atoms with E-state index in [1.807, 2.05) is 19.1 Å². The standard InChI is InChI=1S/C13H13ClN4O3S/c1-8-3-4-10(18-22-21-13(19)15-2)5-11(8)20-12-16-6-9(14)7-17-12/h3-7,18H,1-2H3,(H,15,19). The fourth-order valence-electron chi connectivity index (χ4n) is 1.37. The average molecular weight is 341 g/mol. The van der Waals surface area contributed by atoms with Crippen LogP contribution in [0.15, 0.2) is 30.6 Å². The van der Waals surface area contributed by atoms with Gasteiger partial charge in [0, 0.05) is 13.1 Å². The summed E-state index contributed by atoms with van der Waals surface area (Å²) in [5, 5.41) is 2.77. The molecule has 0 unspecified atom stereocenters. The van der Waals surface area contributed by atoms with Gasteiger partial charge >= 0.3 is 12.1 Å². The van der Waals surface area contributed by atoms with Crippen LogP contribution in [-0.2, 0) is 4.18 Å². The Bertz CT molecular complexity index is 654. The number of aryl methyl sites for hydroxylation is 1. The Morgan fingerprint density at radius 3 is 2.73 bits per heavy atom. The summed E-state index contributed by atoms with van der Waals surface area (Å²) < 4.78 is 13.2. The Balaban J connectivity index is 2.03. The molecule has 1 aromatic heterocycles. The third kappa shape index (κ3) is 4.68. The number of carbonyl (C=O) groups is 1. The van der Waals surface area contributed by atoms with Crippen LogP contribution in [0.5, 0.6) is 11.8 Å².